The third-order valence-electron chi connectivity index (χ3n) is 3.97. The molecule has 0 aromatic heterocycles. The van der Waals surface area contributed by atoms with Gasteiger partial charge in [-0.3, -0.25) is 14.4 Å². The Morgan fingerprint density at radius 1 is 1.03 bits per heavy atom. The molecule has 0 radical (unpaired) electrons. The van der Waals surface area contributed by atoms with Crippen LogP contribution in [0.25, 0.3) is 0 Å². The number of carbonyl (C=O) groups is 3. The van der Waals surface area contributed by atoms with Crippen molar-refractivity contribution in [2.24, 2.45) is 5.73 Å². The number of sulfonamides is 1. The van der Waals surface area contributed by atoms with E-state index in [1.807, 2.05) is 0 Å². The van der Waals surface area contributed by atoms with Gasteiger partial charge in [0.25, 0.3) is 0 Å². The lowest BCUT2D eigenvalue weighted by atomic mass is 10.1. The van der Waals surface area contributed by atoms with Crippen molar-refractivity contribution < 1.29 is 22.8 Å². The standard InChI is InChI=1S/C19H22N4O5S/c1-13(24)21-15-8-10-16(11-9-15)29(27,28)23(2)12-17(25)22-18(19(20)26)14-6-4-3-5-7-14/h3-11,18H,12H2,1-2H3,(H2,20,26)(H,21,24)(H,22,25). The molecule has 0 saturated heterocycles. The predicted octanol–water partition coefficient (Wildman–Crippen LogP) is 0.608. The van der Waals surface area contributed by atoms with Gasteiger partial charge in [-0.2, -0.15) is 4.31 Å². The number of nitrogens with one attached hydrogen (secondary N) is 2. The van der Waals surface area contributed by atoms with E-state index in [1.54, 1.807) is 30.3 Å². The summed E-state index contributed by atoms with van der Waals surface area (Å²) in [7, 11) is -2.71. The third kappa shape index (κ3) is 5.87. The van der Waals surface area contributed by atoms with Gasteiger partial charge < -0.3 is 16.4 Å². The number of hydrogen-bond donors (Lipinski definition) is 3. The highest BCUT2D eigenvalue weighted by Gasteiger charge is 2.26. The normalized spacial score (nSPS) is 12.2. The highest BCUT2D eigenvalue weighted by atomic mass is 32.2. The second-order valence-corrected chi connectivity index (χ2v) is 8.33. The van der Waals surface area contributed by atoms with Crippen LogP contribution >= 0.6 is 0 Å². The molecular formula is C19H22N4O5S. The number of nitrogens with zero attached hydrogens (tertiary/aromatic N) is 1. The quantitative estimate of drug-likeness (QED) is 0.576. The first-order chi connectivity index (χ1) is 13.6. The van der Waals surface area contributed by atoms with E-state index in [1.165, 1.54) is 38.2 Å². The van der Waals surface area contributed by atoms with Crippen LogP contribution in [0.3, 0.4) is 0 Å². The minimum atomic E-state index is -3.96. The summed E-state index contributed by atoms with van der Waals surface area (Å²) in [5, 5.41) is 4.99. The second-order valence-electron chi connectivity index (χ2n) is 6.28. The largest absolute Gasteiger partial charge is 0.368 e. The predicted molar refractivity (Wildman–Crippen MR) is 107 cm³/mol. The fourth-order valence-electron chi connectivity index (χ4n) is 2.55. The Labute approximate surface area is 168 Å². The highest BCUT2D eigenvalue weighted by Crippen LogP contribution is 2.18. The van der Waals surface area contributed by atoms with Gasteiger partial charge in [0.1, 0.15) is 6.04 Å². The van der Waals surface area contributed by atoms with Crippen molar-refractivity contribution in [1.82, 2.24) is 9.62 Å². The molecule has 3 amide bonds. The summed E-state index contributed by atoms with van der Waals surface area (Å²) >= 11 is 0. The van der Waals surface area contributed by atoms with E-state index in [0.717, 1.165) is 4.31 Å². The van der Waals surface area contributed by atoms with Gasteiger partial charge in [-0.1, -0.05) is 30.3 Å². The van der Waals surface area contributed by atoms with Gasteiger partial charge >= 0.3 is 0 Å². The molecule has 4 N–H and O–H groups in total. The van der Waals surface area contributed by atoms with Crippen LogP contribution in [0.2, 0.25) is 0 Å². The zero-order chi connectivity index (χ0) is 21.6. The number of rotatable bonds is 8. The number of benzene rings is 2. The van der Waals surface area contributed by atoms with Crippen LogP contribution in [0.4, 0.5) is 5.69 Å². The number of carbonyl (C=O) groups excluding carboxylic acids is 3. The highest BCUT2D eigenvalue weighted by molar-refractivity contribution is 7.89. The van der Waals surface area contributed by atoms with Gasteiger partial charge in [0.05, 0.1) is 11.4 Å². The molecule has 9 nitrogen and oxygen atoms in total. The number of hydrogen-bond acceptors (Lipinski definition) is 5. The van der Waals surface area contributed by atoms with Crippen LogP contribution in [-0.4, -0.2) is 44.0 Å². The number of primary amides is 1. The molecule has 2 aromatic carbocycles. The average molecular weight is 418 g/mol. The van der Waals surface area contributed by atoms with Crippen molar-refractivity contribution in [3.8, 4) is 0 Å². The number of anilines is 1. The van der Waals surface area contributed by atoms with Gasteiger partial charge in [0, 0.05) is 19.7 Å². The maximum absolute atomic E-state index is 12.7. The second kappa shape index (κ2) is 9.30. The Morgan fingerprint density at radius 2 is 1.62 bits per heavy atom. The Kier molecular flexibility index (Phi) is 7.08. The summed E-state index contributed by atoms with van der Waals surface area (Å²) in [5.41, 5.74) is 6.30. The molecule has 0 aliphatic rings. The first-order valence-electron chi connectivity index (χ1n) is 8.59. The molecule has 0 fully saturated rings. The summed E-state index contributed by atoms with van der Waals surface area (Å²) < 4.78 is 26.2. The Bertz CT molecular complexity index is 991. The molecule has 0 spiro atoms. The Morgan fingerprint density at radius 3 is 2.14 bits per heavy atom. The lowest BCUT2D eigenvalue weighted by Gasteiger charge is -2.20. The molecule has 29 heavy (non-hydrogen) atoms. The molecule has 0 bridgehead atoms. The molecule has 1 unspecified atom stereocenters. The Balaban J connectivity index is 2.09. The van der Waals surface area contributed by atoms with Crippen molar-refractivity contribution in [2.75, 3.05) is 18.9 Å². The van der Waals surface area contributed by atoms with Crippen LogP contribution in [0, 0.1) is 0 Å². The summed E-state index contributed by atoms with van der Waals surface area (Å²) in [4.78, 5) is 35.0. The molecule has 0 aliphatic carbocycles. The van der Waals surface area contributed by atoms with E-state index >= 15 is 0 Å². The van der Waals surface area contributed by atoms with E-state index in [9.17, 15) is 22.8 Å². The van der Waals surface area contributed by atoms with Crippen LogP contribution in [0.1, 0.15) is 18.5 Å². The molecule has 10 heteroatoms. The van der Waals surface area contributed by atoms with E-state index in [2.05, 4.69) is 10.6 Å². The SMILES string of the molecule is CC(=O)Nc1ccc(S(=O)(=O)N(C)CC(=O)NC(C(N)=O)c2ccccc2)cc1. The molecular weight excluding hydrogens is 396 g/mol. The van der Waals surface area contributed by atoms with Gasteiger partial charge in [-0.25, -0.2) is 8.42 Å². The van der Waals surface area contributed by atoms with Crippen LogP contribution in [-0.2, 0) is 24.4 Å². The zero-order valence-electron chi connectivity index (χ0n) is 16.0. The topological polar surface area (TPSA) is 139 Å². The minimum Gasteiger partial charge on any atom is -0.368 e. The van der Waals surface area contributed by atoms with Crippen molar-refractivity contribution >= 4 is 33.4 Å². The molecule has 2 aromatic rings. The first-order valence-corrected chi connectivity index (χ1v) is 10.0. The molecule has 0 aliphatic heterocycles. The smallest absolute Gasteiger partial charge is 0.244 e. The lowest BCUT2D eigenvalue weighted by molar-refractivity contribution is -0.127. The fourth-order valence-corrected chi connectivity index (χ4v) is 3.68. The summed E-state index contributed by atoms with van der Waals surface area (Å²) in [6.07, 6.45) is 0. The molecule has 2 rings (SSSR count). The number of nitrogens with two attached hydrogens (primary N) is 1. The molecule has 0 saturated carbocycles. The van der Waals surface area contributed by atoms with Crippen LogP contribution < -0.4 is 16.4 Å². The summed E-state index contributed by atoms with van der Waals surface area (Å²) in [6.45, 7) is 0.832. The molecule has 1 atom stereocenters. The molecule has 0 heterocycles. The summed E-state index contributed by atoms with van der Waals surface area (Å²) in [5.74, 6) is -1.72. The van der Waals surface area contributed by atoms with Crippen LogP contribution in [0.5, 0.6) is 0 Å². The van der Waals surface area contributed by atoms with Crippen molar-refractivity contribution in [3.63, 3.8) is 0 Å². The fraction of sp³-hybridized carbons (Fsp3) is 0.211. The van der Waals surface area contributed by atoms with E-state index in [0.29, 0.717) is 11.3 Å². The third-order valence-corrected chi connectivity index (χ3v) is 5.79. The maximum atomic E-state index is 12.7. The maximum Gasteiger partial charge on any atom is 0.244 e. The zero-order valence-corrected chi connectivity index (χ0v) is 16.8. The monoisotopic (exact) mass is 418 g/mol. The Hall–Kier alpha value is -3.24. The van der Waals surface area contributed by atoms with Crippen molar-refractivity contribution in [3.05, 3.63) is 60.2 Å². The minimum absolute atomic E-state index is 0.0450. The van der Waals surface area contributed by atoms with E-state index < -0.39 is 34.4 Å². The van der Waals surface area contributed by atoms with E-state index in [-0.39, 0.29) is 10.8 Å². The van der Waals surface area contributed by atoms with Crippen molar-refractivity contribution in [2.45, 2.75) is 17.9 Å². The van der Waals surface area contributed by atoms with Crippen molar-refractivity contribution in [1.29, 1.82) is 0 Å². The molecule has 154 valence electrons. The van der Waals surface area contributed by atoms with Gasteiger partial charge in [0.15, 0.2) is 0 Å². The van der Waals surface area contributed by atoms with E-state index in [4.69, 9.17) is 5.73 Å². The van der Waals surface area contributed by atoms with Gasteiger partial charge in [0.2, 0.25) is 27.7 Å². The average Bonchev–Trinajstić information content (AvgIpc) is 2.66. The van der Waals surface area contributed by atoms with Crippen LogP contribution in [0.15, 0.2) is 59.5 Å². The lowest BCUT2D eigenvalue weighted by Crippen LogP contribution is -2.43. The first kappa shape index (κ1) is 22.1. The van der Waals surface area contributed by atoms with Gasteiger partial charge in [-0.05, 0) is 29.8 Å². The van der Waals surface area contributed by atoms with Gasteiger partial charge in [-0.15, -0.1) is 0 Å². The number of amides is 3. The number of likely N-dealkylation sites (N-methyl/N-ethyl adjacent to an activating group) is 1. The summed E-state index contributed by atoms with van der Waals surface area (Å²) in [6, 6.07) is 12.9.